The topological polar surface area (TPSA) is 71.1 Å². The molecule has 2 rings (SSSR count). The van der Waals surface area contributed by atoms with E-state index in [1.54, 1.807) is 24.5 Å². The summed E-state index contributed by atoms with van der Waals surface area (Å²) < 4.78 is 0. The third-order valence-electron chi connectivity index (χ3n) is 6.96. The van der Waals surface area contributed by atoms with E-state index in [0.717, 1.165) is 77.2 Å². The van der Waals surface area contributed by atoms with Gasteiger partial charge in [0.15, 0.2) is 0 Å². The van der Waals surface area contributed by atoms with Crippen molar-refractivity contribution in [2.24, 2.45) is 11.8 Å². The summed E-state index contributed by atoms with van der Waals surface area (Å²) >= 11 is 0. The lowest BCUT2D eigenvalue weighted by Gasteiger charge is -2.28. The summed E-state index contributed by atoms with van der Waals surface area (Å²) in [5.74, 6) is 1.17. The third kappa shape index (κ3) is 16.4. The summed E-state index contributed by atoms with van der Waals surface area (Å²) in [6.45, 7) is 3.64. The normalized spacial score (nSPS) is 18.2. The predicted molar refractivity (Wildman–Crippen MR) is 163 cm³/mol. The molecular weight excluding hydrogens is 482 g/mol. The van der Waals surface area contributed by atoms with Crippen LogP contribution < -0.4 is 10.6 Å². The molecule has 1 aromatic heterocycles. The number of allylic oxidation sites excluding steroid dienone is 10. The highest BCUT2D eigenvalue weighted by molar-refractivity contribution is 5.93. The highest BCUT2D eigenvalue weighted by Crippen LogP contribution is 2.28. The van der Waals surface area contributed by atoms with Gasteiger partial charge < -0.3 is 10.6 Å². The summed E-state index contributed by atoms with van der Waals surface area (Å²) in [7, 11) is 0. The van der Waals surface area contributed by atoms with Gasteiger partial charge in [-0.05, 0) is 94.6 Å². The molecule has 0 aliphatic heterocycles. The molecule has 0 bridgehead atoms. The van der Waals surface area contributed by atoms with Crippen molar-refractivity contribution in [1.29, 1.82) is 0 Å². The number of rotatable bonds is 18. The summed E-state index contributed by atoms with van der Waals surface area (Å²) in [6, 6.07) is 3.56. The first-order valence-corrected chi connectivity index (χ1v) is 14.9. The zero-order valence-corrected chi connectivity index (χ0v) is 23.9. The number of amides is 2. The number of hydrogen-bond acceptors (Lipinski definition) is 3. The van der Waals surface area contributed by atoms with Crippen LogP contribution in [0, 0.1) is 11.8 Å². The zero-order chi connectivity index (χ0) is 27.8. The van der Waals surface area contributed by atoms with Crippen molar-refractivity contribution in [3.05, 3.63) is 90.9 Å². The molecule has 1 saturated carbocycles. The van der Waals surface area contributed by atoms with Crippen LogP contribution in [-0.4, -0.2) is 29.9 Å². The van der Waals surface area contributed by atoms with Gasteiger partial charge in [-0.15, -0.1) is 0 Å². The lowest BCUT2D eigenvalue weighted by molar-refractivity contribution is -0.121. The Kier molecular flexibility index (Phi) is 17.8. The van der Waals surface area contributed by atoms with Gasteiger partial charge in [-0.1, -0.05) is 67.7 Å². The summed E-state index contributed by atoms with van der Waals surface area (Å²) in [5.41, 5.74) is 0.607. The van der Waals surface area contributed by atoms with E-state index in [1.165, 1.54) is 0 Å². The number of nitrogens with one attached hydrogen (secondary N) is 2. The quantitative estimate of drug-likeness (QED) is 0.151. The minimum atomic E-state index is -0.0536. The summed E-state index contributed by atoms with van der Waals surface area (Å²) in [5, 5.41) is 6.16. The molecule has 5 heteroatoms. The van der Waals surface area contributed by atoms with Gasteiger partial charge in [0.1, 0.15) is 0 Å². The lowest BCUT2D eigenvalue weighted by Crippen LogP contribution is -2.34. The second-order valence-electron chi connectivity index (χ2n) is 10.2. The van der Waals surface area contributed by atoms with Gasteiger partial charge in [-0.2, -0.15) is 0 Å². The second kappa shape index (κ2) is 21.7. The number of carbonyl (C=O) groups excluding carboxylic acids is 2. The van der Waals surface area contributed by atoms with Crippen molar-refractivity contribution < 1.29 is 9.59 Å². The van der Waals surface area contributed by atoms with Crippen LogP contribution >= 0.6 is 0 Å². The molecule has 1 fully saturated rings. The maximum atomic E-state index is 12.2. The average molecular weight is 532 g/mol. The van der Waals surface area contributed by atoms with E-state index >= 15 is 0 Å². The Morgan fingerprint density at radius 3 is 1.87 bits per heavy atom. The van der Waals surface area contributed by atoms with E-state index in [9.17, 15) is 9.59 Å². The lowest BCUT2D eigenvalue weighted by atomic mass is 9.82. The fraction of sp³-hybridized carbons (Fsp3) is 0.500. The summed E-state index contributed by atoms with van der Waals surface area (Å²) in [4.78, 5) is 28.4. The van der Waals surface area contributed by atoms with Gasteiger partial charge in [-0.3, -0.25) is 14.6 Å². The van der Waals surface area contributed by atoms with E-state index in [4.69, 9.17) is 0 Å². The predicted octanol–water partition coefficient (Wildman–Crippen LogP) is 7.66. The molecule has 212 valence electrons. The van der Waals surface area contributed by atoms with E-state index in [0.29, 0.717) is 30.4 Å². The van der Waals surface area contributed by atoms with Crippen LogP contribution in [0.3, 0.4) is 0 Å². The minimum absolute atomic E-state index is 0.0536. The monoisotopic (exact) mass is 531 g/mol. The van der Waals surface area contributed by atoms with E-state index < -0.39 is 0 Å². The largest absolute Gasteiger partial charge is 0.356 e. The zero-order valence-electron chi connectivity index (χ0n) is 23.9. The highest BCUT2D eigenvalue weighted by atomic mass is 16.2. The van der Waals surface area contributed by atoms with E-state index in [2.05, 4.69) is 83.3 Å². The van der Waals surface area contributed by atoms with Gasteiger partial charge in [0.05, 0.1) is 5.56 Å². The molecule has 0 spiro atoms. The minimum Gasteiger partial charge on any atom is -0.356 e. The highest BCUT2D eigenvalue weighted by Gasteiger charge is 2.22. The summed E-state index contributed by atoms with van der Waals surface area (Å²) in [6.07, 6.45) is 37.1. The van der Waals surface area contributed by atoms with Crippen molar-refractivity contribution in [2.75, 3.05) is 13.1 Å². The van der Waals surface area contributed by atoms with Crippen LogP contribution in [-0.2, 0) is 4.79 Å². The van der Waals surface area contributed by atoms with Gasteiger partial charge in [0, 0.05) is 31.9 Å². The Balaban J connectivity index is 1.42. The van der Waals surface area contributed by atoms with Gasteiger partial charge in [0.25, 0.3) is 5.91 Å². The Morgan fingerprint density at radius 1 is 0.795 bits per heavy atom. The molecule has 0 aromatic carbocycles. The Hall–Kier alpha value is -3.21. The first-order chi connectivity index (χ1) is 19.2. The second-order valence-corrected chi connectivity index (χ2v) is 10.2. The van der Waals surface area contributed by atoms with E-state index in [-0.39, 0.29) is 11.8 Å². The van der Waals surface area contributed by atoms with Crippen molar-refractivity contribution in [3.63, 3.8) is 0 Å². The smallest absolute Gasteiger partial charge is 0.252 e. The van der Waals surface area contributed by atoms with Gasteiger partial charge in [-0.25, -0.2) is 0 Å². The molecule has 39 heavy (non-hydrogen) atoms. The number of hydrogen-bond donors (Lipinski definition) is 2. The van der Waals surface area contributed by atoms with Crippen LogP contribution in [0.1, 0.15) is 94.3 Å². The van der Waals surface area contributed by atoms with E-state index in [1.807, 2.05) is 0 Å². The van der Waals surface area contributed by atoms with Crippen LogP contribution in [0.15, 0.2) is 85.3 Å². The number of unbranched alkanes of at least 4 members (excludes halogenated alkanes) is 1. The first-order valence-electron chi connectivity index (χ1n) is 14.9. The molecule has 0 radical (unpaired) electrons. The maximum absolute atomic E-state index is 12.2. The Labute approximate surface area is 236 Å². The number of pyridine rings is 1. The number of nitrogens with zero attached hydrogens (tertiary/aromatic N) is 1. The van der Waals surface area contributed by atoms with Crippen LogP contribution in [0.25, 0.3) is 0 Å². The number of carbonyl (C=O) groups is 2. The molecule has 0 saturated heterocycles. The van der Waals surface area contributed by atoms with Crippen molar-refractivity contribution >= 4 is 11.8 Å². The maximum Gasteiger partial charge on any atom is 0.252 e. The van der Waals surface area contributed by atoms with Gasteiger partial charge in [0.2, 0.25) is 5.91 Å². The van der Waals surface area contributed by atoms with Crippen molar-refractivity contribution in [2.45, 2.75) is 84.0 Å². The SMILES string of the molecule is CC/C=C\C/C=C\C/C=C\C/C=C\C/C=C\CCCC(=O)NC[C@H]1CC[C@H](CNC(=O)c2cccnc2)CC1. The van der Waals surface area contributed by atoms with Gasteiger partial charge >= 0.3 is 0 Å². The fourth-order valence-electron chi connectivity index (χ4n) is 4.57. The van der Waals surface area contributed by atoms with Crippen LogP contribution in [0.4, 0.5) is 0 Å². The Morgan fingerprint density at radius 2 is 1.33 bits per heavy atom. The molecule has 1 aromatic rings. The molecule has 2 amide bonds. The number of aromatic nitrogens is 1. The molecule has 5 nitrogen and oxygen atoms in total. The molecule has 0 atom stereocenters. The molecule has 2 N–H and O–H groups in total. The van der Waals surface area contributed by atoms with Crippen molar-refractivity contribution in [1.82, 2.24) is 15.6 Å². The van der Waals surface area contributed by atoms with Crippen molar-refractivity contribution in [3.8, 4) is 0 Å². The molecule has 1 aliphatic rings. The van der Waals surface area contributed by atoms with Crippen LogP contribution in [0.5, 0.6) is 0 Å². The van der Waals surface area contributed by atoms with Crippen LogP contribution in [0.2, 0.25) is 0 Å². The standard InChI is InChI=1S/C34H49N3O2/c1-2-3-4-5-6-7-8-9-10-11-12-13-14-15-16-17-18-21-33(38)36-27-30-22-24-31(25-23-30)28-37-34(39)32-20-19-26-35-29-32/h3-4,6-7,9-10,12-13,15-16,19-20,26,29-31H,2,5,8,11,14,17-18,21-25,27-28H2,1H3,(H,36,38)(H,37,39)/b4-3-,7-6-,10-9-,13-12-,16-15-/t30-,31-. The first kappa shape index (κ1) is 32.0. The Bertz CT molecular complexity index is 938. The molecule has 1 heterocycles. The average Bonchev–Trinajstić information content (AvgIpc) is 2.97. The molecule has 0 unspecified atom stereocenters. The fourth-order valence-corrected chi connectivity index (χ4v) is 4.57. The molecular formula is C34H49N3O2. The third-order valence-corrected chi connectivity index (χ3v) is 6.96. The molecule has 1 aliphatic carbocycles.